The van der Waals surface area contributed by atoms with Gasteiger partial charge in [-0.05, 0) is 67.1 Å². The second-order valence-corrected chi connectivity index (χ2v) is 7.67. The third-order valence-corrected chi connectivity index (χ3v) is 5.46. The maximum Gasteiger partial charge on any atom is 0.265 e. The minimum atomic E-state index is -0.188. The average molecular weight is 435 g/mol. The topological polar surface area (TPSA) is 81.8 Å². The molecule has 5 rings (SSSR count). The van der Waals surface area contributed by atoms with E-state index < -0.39 is 0 Å². The fourth-order valence-electron chi connectivity index (χ4n) is 3.82. The van der Waals surface area contributed by atoms with Crippen LogP contribution in [0.15, 0.2) is 96.1 Å². The zero-order valence-corrected chi connectivity index (χ0v) is 18.0. The molecule has 0 unspecified atom stereocenters. The molecule has 0 aliphatic heterocycles. The number of nitrogens with one attached hydrogen (secondary N) is 1. The maximum absolute atomic E-state index is 13.0. The van der Waals surface area contributed by atoms with E-state index in [1.165, 1.54) is 0 Å². The van der Waals surface area contributed by atoms with Crippen molar-refractivity contribution < 1.29 is 4.79 Å². The van der Waals surface area contributed by atoms with E-state index in [9.17, 15) is 9.59 Å². The van der Waals surface area contributed by atoms with Crippen LogP contribution < -0.4 is 10.9 Å². The van der Waals surface area contributed by atoms with Crippen molar-refractivity contribution in [2.75, 3.05) is 0 Å². The van der Waals surface area contributed by atoms with Crippen LogP contribution in [0.3, 0.4) is 0 Å². The van der Waals surface area contributed by atoms with Gasteiger partial charge in [-0.3, -0.25) is 14.2 Å². The van der Waals surface area contributed by atoms with Gasteiger partial charge in [-0.2, -0.15) is 5.10 Å². The summed E-state index contributed by atoms with van der Waals surface area (Å²) in [5.74, 6) is 0.403. The number of para-hydroxylation sites is 1. The molecule has 0 spiro atoms. The van der Waals surface area contributed by atoms with Crippen LogP contribution in [0.25, 0.3) is 22.3 Å². The predicted molar refractivity (Wildman–Crippen MR) is 127 cm³/mol. The summed E-state index contributed by atoms with van der Waals surface area (Å²) in [6.45, 7) is 2.19. The number of amides is 1. The second kappa shape index (κ2) is 8.55. The van der Waals surface area contributed by atoms with Crippen molar-refractivity contribution in [1.29, 1.82) is 0 Å². The van der Waals surface area contributed by atoms with Gasteiger partial charge in [0.1, 0.15) is 5.82 Å². The van der Waals surface area contributed by atoms with Crippen molar-refractivity contribution in [3.63, 3.8) is 0 Å². The summed E-state index contributed by atoms with van der Waals surface area (Å²) in [5, 5.41) is 7.74. The first-order valence-corrected chi connectivity index (χ1v) is 10.6. The first-order chi connectivity index (χ1) is 16.1. The van der Waals surface area contributed by atoms with Crippen LogP contribution >= 0.6 is 0 Å². The highest BCUT2D eigenvalue weighted by molar-refractivity contribution is 5.94. The summed E-state index contributed by atoms with van der Waals surface area (Å²) in [7, 11) is 0. The zero-order chi connectivity index (χ0) is 22.8. The molecular weight excluding hydrogens is 414 g/mol. The van der Waals surface area contributed by atoms with Crippen molar-refractivity contribution >= 4 is 16.8 Å². The lowest BCUT2D eigenvalue weighted by Crippen LogP contribution is -2.24. The van der Waals surface area contributed by atoms with Gasteiger partial charge < -0.3 is 5.32 Å². The third kappa shape index (κ3) is 4.04. The van der Waals surface area contributed by atoms with Crippen LogP contribution in [0.1, 0.15) is 21.7 Å². The van der Waals surface area contributed by atoms with Gasteiger partial charge in [0.05, 0.1) is 22.3 Å². The molecule has 7 nitrogen and oxygen atoms in total. The number of fused-ring (bicyclic) bond motifs is 1. The largest absolute Gasteiger partial charge is 0.348 e. The summed E-state index contributed by atoms with van der Waals surface area (Å²) in [6, 6.07) is 23.9. The van der Waals surface area contributed by atoms with Crippen molar-refractivity contribution in [3.8, 4) is 11.4 Å². The Balaban J connectivity index is 1.33. The number of hydrogen-bond acceptors (Lipinski definition) is 4. The Hall–Kier alpha value is -4.52. The van der Waals surface area contributed by atoms with E-state index >= 15 is 0 Å². The molecule has 0 atom stereocenters. The SMILES string of the molecule is Cc1nc2ccccc2c(=O)n1-c1ccc(C(=O)NCc2cccc(-n3cccn3)c2)cc1. The number of hydrogen-bond donors (Lipinski definition) is 1. The van der Waals surface area contributed by atoms with Crippen LogP contribution in [0.2, 0.25) is 0 Å². The molecule has 0 bridgehead atoms. The standard InChI is InChI=1S/C26H21N5O2/c1-18-29-24-9-3-2-8-23(24)26(33)31(18)21-12-10-20(11-13-21)25(32)27-17-19-6-4-7-22(16-19)30-15-5-14-28-30/h2-16H,17H2,1H3,(H,27,32). The average Bonchev–Trinajstić information content (AvgIpc) is 3.38. The van der Waals surface area contributed by atoms with Gasteiger partial charge in [0.25, 0.3) is 11.5 Å². The van der Waals surface area contributed by atoms with Crippen LogP contribution in [0.4, 0.5) is 0 Å². The van der Waals surface area contributed by atoms with Gasteiger partial charge in [-0.25, -0.2) is 9.67 Å². The van der Waals surface area contributed by atoms with Crippen molar-refractivity contribution in [3.05, 3.63) is 119 Å². The molecule has 3 aromatic carbocycles. The normalized spacial score (nSPS) is 10.9. The lowest BCUT2D eigenvalue weighted by molar-refractivity contribution is 0.0951. The van der Waals surface area contributed by atoms with E-state index in [1.807, 2.05) is 54.7 Å². The highest BCUT2D eigenvalue weighted by Gasteiger charge is 2.11. The number of aryl methyl sites for hydroxylation is 1. The molecular formula is C26H21N5O2. The van der Waals surface area contributed by atoms with Crippen LogP contribution in [-0.2, 0) is 6.54 Å². The van der Waals surface area contributed by atoms with E-state index in [1.54, 1.807) is 52.7 Å². The lowest BCUT2D eigenvalue weighted by atomic mass is 10.1. The number of rotatable bonds is 5. The van der Waals surface area contributed by atoms with Crippen LogP contribution in [0.5, 0.6) is 0 Å². The molecule has 0 saturated heterocycles. The Morgan fingerprint density at radius 1 is 0.939 bits per heavy atom. The van der Waals surface area contributed by atoms with E-state index in [-0.39, 0.29) is 11.5 Å². The molecule has 0 radical (unpaired) electrons. The molecule has 1 N–H and O–H groups in total. The predicted octanol–water partition coefficient (Wildman–Crippen LogP) is 3.81. The van der Waals surface area contributed by atoms with Crippen LogP contribution in [0, 0.1) is 6.92 Å². The molecule has 0 fully saturated rings. The van der Waals surface area contributed by atoms with E-state index in [4.69, 9.17) is 0 Å². The molecule has 162 valence electrons. The summed E-state index contributed by atoms with van der Waals surface area (Å²) < 4.78 is 3.33. The fourth-order valence-corrected chi connectivity index (χ4v) is 3.82. The Kier molecular flexibility index (Phi) is 5.28. The van der Waals surface area contributed by atoms with E-state index in [0.29, 0.717) is 34.5 Å². The Labute approximate surface area is 190 Å². The minimum absolute atomic E-state index is 0.132. The van der Waals surface area contributed by atoms with Gasteiger partial charge in [-0.1, -0.05) is 24.3 Å². The number of aromatic nitrogens is 4. The van der Waals surface area contributed by atoms with Gasteiger partial charge in [0, 0.05) is 24.5 Å². The summed E-state index contributed by atoms with van der Waals surface area (Å²) >= 11 is 0. The molecule has 33 heavy (non-hydrogen) atoms. The van der Waals surface area contributed by atoms with Crippen molar-refractivity contribution in [1.82, 2.24) is 24.6 Å². The third-order valence-electron chi connectivity index (χ3n) is 5.46. The monoisotopic (exact) mass is 435 g/mol. The number of carbonyl (C=O) groups is 1. The molecule has 0 saturated carbocycles. The fraction of sp³-hybridized carbons (Fsp3) is 0.0769. The van der Waals surface area contributed by atoms with Gasteiger partial charge >= 0.3 is 0 Å². The Morgan fingerprint density at radius 3 is 2.55 bits per heavy atom. The number of benzene rings is 3. The first kappa shape index (κ1) is 20.4. The summed E-state index contributed by atoms with van der Waals surface area (Å²) in [4.78, 5) is 30.2. The minimum Gasteiger partial charge on any atom is -0.348 e. The highest BCUT2D eigenvalue weighted by Crippen LogP contribution is 2.14. The molecule has 0 aliphatic carbocycles. The van der Waals surface area contributed by atoms with Gasteiger partial charge in [0.2, 0.25) is 0 Å². The second-order valence-electron chi connectivity index (χ2n) is 7.67. The van der Waals surface area contributed by atoms with Crippen molar-refractivity contribution in [2.45, 2.75) is 13.5 Å². The quantitative estimate of drug-likeness (QED) is 0.455. The molecule has 2 heterocycles. The molecule has 0 aliphatic rings. The summed E-state index contributed by atoms with van der Waals surface area (Å²) in [6.07, 6.45) is 3.60. The molecule has 1 amide bonds. The smallest absolute Gasteiger partial charge is 0.265 e. The Bertz CT molecular complexity index is 1500. The molecule has 5 aromatic rings. The number of nitrogens with zero attached hydrogens (tertiary/aromatic N) is 4. The van der Waals surface area contributed by atoms with Crippen LogP contribution in [-0.4, -0.2) is 25.2 Å². The summed E-state index contributed by atoms with van der Waals surface area (Å²) in [5.41, 5.74) is 3.62. The number of carbonyl (C=O) groups excluding carboxylic acids is 1. The lowest BCUT2D eigenvalue weighted by Gasteiger charge is -2.12. The molecule has 7 heteroatoms. The van der Waals surface area contributed by atoms with Crippen molar-refractivity contribution in [2.24, 2.45) is 0 Å². The molecule has 2 aromatic heterocycles. The Morgan fingerprint density at radius 2 is 1.76 bits per heavy atom. The highest BCUT2D eigenvalue weighted by atomic mass is 16.1. The maximum atomic E-state index is 13.0. The zero-order valence-electron chi connectivity index (χ0n) is 18.0. The van der Waals surface area contributed by atoms with E-state index in [2.05, 4.69) is 15.4 Å². The van der Waals surface area contributed by atoms with Gasteiger partial charge in [-0.15, -0.1) is 0 Å². The van der Waals surface area contributed by atoms with Gasteiger partial charge in [0.15, 0.2) is 0 Å². The first-order valence-electron chi connectivity index (χ1n) is 10.6. The van der Waals surface area contributed by atoms with E-state index in [0.717, 1.165) is 11.3 Å².